The second-order valence-electron chi connectivity index (χ2n) is 7.93. The van der Waals surface area contributed by atoms with Gasteiger partial charge in [0.15, 0.2) is 4.34 Å². The Morgan fingerprint density at radius 2 is 2.03 bits per heavy atom. The number of aryl methyl sites for hydroxylation is 1. The lowest BCUT2D eigenvalue weighted by Crippen LogP contribution is -2.63. The monoisotopic (exact) mass is 475 g/mol. The molecule has 4 rings (SSSR count). The predicted molar refractivity (Wildman–Crippen MR) is 120 cm³/mol. The number of hydrogen-bond acceptors (Lipinski definition) is 9. The number of esters is 1. The molecule has 2 aliphatic rings. The number of carbonyl (C=O) groups excluding carboxylic acids is 2. The molecule has 0 aliphatic carbocycles. The van der Waals surface area contributed by atoms with Crippen molar-refractivity contribution in [2.24, 2.45) is 11.8 Å². The van der Waals surface area contributed by atoms with Gasteiger partial charge in [-0.1, -0.05) is 42.2 Å². The number of rotatable bonds is 8. The molecule has 0 saturated carbocycles. The molecule has 0 unspecified atom stereocenters. The van der Waals surface area contributed by atoms with Crippen molar-refractivity contribution >= 4 is 35.0 Å². The standard InChI is InChI=1S/C22H25N3O5S2/c1-11-16(10-31-22-24-23-13(3)32-22)19(25-18(11)17(12(2)26)20(25)27)21(28)30-9-14-5-7-15(29-4)8-6-14/h5-8,11-12,17-18,26H,9-10H2,1-4H3/t11-,12+,17+,18+/m0/s1. The zero-order chi connectivity index (χ0) is 23.0. The van der Waals surface area contributed by atoms with Crippen LogP contribution in [0.4, 0.5) is 0 Å². The summed E-state index contributed by atoms with van der Waals surface area (Å²) in [5, 5.41) is 19.1. The van der Waals surface area contributed by atoms with Gasteiger partial charge >= 0.3 is 5.97 Å². The van der Waals surface area contributed by atoms with E-state index >= 15 is 0 Å². The van der Waals surface area contributed by atoms with Gasteiger partial charge in [-0.3, -0.25) is 4.79 Å². The minimum Gasteiger partial charge on any atom is -0.497 e. The van der Waals surface area contributed by atoms with Crippen molar-refractivity contribution in [2.75, 3.05) is 12.9 Å². The number of hydrogen-bond donors (Lipinski definition) is 1. The fourth-order valence-corrected chi connectivity index (χ4v) is 6.21. The van der Waals surface area contributed by atoms with E-state index in [1.165, 1.54) is 28.0 Å². The van der Waals surface area contributed by atoms with E-state index in [9.17, 15) is 14.7 Å². The lowest BCUT2D eigenvalue weighted by molar-refractivity contribution is -0.164. The summed E-state index contributed by atoms with van der Waals surface area (Å²) in [6, 6.07) is 7.02. The summed E-state index contributed by atoms with van der Waals surface area (Å²) in [6.07, 6.45) is -0.777. The zero-order valence-electron chi connectivity index (χ0n) is 18.3. The van der Waals surface area contributed by atoms with Crippen LogP contribution in [0.5, 0.6) is 5.75 Å². The number of fused-ring (bicyclic) bond motifs is 1. The molecule has 0 spiro atoms. The van der Waals surface area contributed by atoms with Gasteiger partial charge in [0.25, 0.3) is 0 Å². The molecular formula is C22H25N3O5S2. The summed E-state index contributed by atoms with van der Waals surface area (Å²) in [5.74, 6) is -0.137. The number of carbonyl (C=O) groups is 2. The number of benzene rings is 1. The molecular weight excluding hydrogens is 450 g/mol. The van der Waals surface area contributed by atoms with Gasteiger partial charge in [-0.15, -0.1) is 10.2 Å². The van der Waals surface area contributed by atoms with Crippen LogP contribution >= 0.6 is 23.1 Å². The second-order valence-corrected chi connectivity index (χ2v) is 10.3. The molecule has 1 amide bonds. The van der Waals surface area contributed by atoms with E-state index in [0.29, 0.717) is 11.4 Å². The molecule has 2 aliphatic heterocycles. The highest BCUT2D eigenvalue weighted by atomic mass is 32.2. The summed E-state index contributed by atoms with van der Waals surface area (Å²) in [6.45, 7) is 5.58. The largest absolute Gasteiger partial charge is 0.497 e. The Balaban J connectivity index is 1.55. The molecule has 3 heterocycles. The predicted octanol–water partition coefficient (Wildman–Crippen LogP) is 2.80. The van der Waals surface area contributed by atoms with Crippen LogP contribution in [0.15, 0.2) is 39.9 Å². The Hall–Kier alpha value is -2.43. The average Bonchev–Trinajstić information content (AvgIpc) is 3.29. The number of amides is 1. The molecule has 32 heavy (non-hydrogen) atoms. The van der Waals surface area contributed by atoms with Crippen molar-refractivity contribution < 1.29 is 24.2 Å². The summed E-state index contributed by atoms with van der Waals surface area (Å²) < 4.78 is 11.5. The Bertz CT molecular complexity index is 1050. The molecule has 0 radical (unpaired) electrons. The van der Waals surface area contributed by atoms with Crippen LogP contribution in [0, 0.1) is 18.8 Å². The van der Waals surface area contributed by atoms with Gasteiger partial charge in [-0.05, 0) is 37.1 Å². The first-order valence-electron chi connectivity index (χ1n) is 10.3. The first-order chi connectivity index (χ1) is 15.3. The van der Waals surface area contributed by atoms with Crippen LogP contribution in [0.25, 0.3) is 0 Å². The lowest BCUT2D eigenvalue weighted by atomic mass is 9.78. The molecule has 8 nitrogen and oxygen atoms in total. The fourth-order valence-electron chi connectivity index (χ4n) is 4.24. The minimum atomic E-state index is -0.777. The van der Waals surface area contributed by atoms with Crippen molar-refractivity contribution in [3.05, 3.63) is 46.1 Å². The number of aliphatic hydroxyl groups is 1. The third-order valence-corrected chi connectivity index (χ3v) is 7.92. The van der Waals surface area contributed by atoms with E-state index in [1.54, 1.807) is 26.2 Å². The normalized spacial score (nSPS) is 23.1. The number of nitrogens with zero attached hydrogens (tertiary/aromatic N) is 3. The molecule has 170 valence electrons. The van der Waals surface area contributed by atoms with E-state index in [-0.39, 0.29) is 24.5 Å². The fraction of sp³-hybridized carbons (Fsp3) is 0.455. The van der Waals surface area contributed by atoms with Crippen LogP contribution in [-0.4, -0.2) is 57.1 Å². The van der Waals surface area contributed by atoms with E-state index in [4.69, 9.17) is 9.47 Å². The third kappa shape index (κ3) is 4.14. The maximum absolute atomic E-state index is 13.1. The number of ether oxygens (including phenoxy) is 2. The van der Waals surface area contributed by atoms with Crippen molar-refractivity contribution in [2.45, 2.75) is 43.9 Å². The average molecular weight is 476 g/mol. The highest BCUT2D eigenvalue weighted by Crippen LogP contribution is 2.48. The molecule has 1 N–H and O–H groups in total. The highest BCUT2D eigenvalue weighted by Gasteiger charge is 2.59. The van der Waals surface area contributed by atoms with E-state index in [0.717, 1.165) is 26.2 Å². The van der Waals surface area contributed by atoms with Crippen LogP contribution < -0.4 is 4.74 Å². The second kappa shape index (κ2) is 9.21. The number of thioether (sulfide) groups is 1. The zero-order valence-corrected chi connectivity index (χ0v) is 19.9. The smallest absolute Gasteiger partial charge is 0.355 e. The Morgan fingerprint density at radius 1 is 1.31 bits per heavy atom. The van der Waals surface area contributed by atoms with Crippen molar-refractivity contribution in [1.82, 2.24) is 15.1 Å². The van der Waals surface area contributed by atoms with Gasteiger partial charge in [0, 0.05) is 11.7 Å². The molecule has 1 aromatic carbocycles. The SMILES string of the molecule is COc1ccc(COC(=O)C2=C(CSc3nnc(C)s3)[C@H](C)[C@@H]3[C@@H]([C@@H](C)O)C(=O)N23)cc1. The molecule has 0 bridgehead atoms. The number of aromatic nitrogens is 2. The quantitative estimate of drug-likeness (QED) is 0.353. The van der Waals surface area contributed by atoms with Crippen LogP contribution in [0.3, 0.4) is 0 Å². The van der Waals surface area contributed by atoms with Crippen molar-refractivity contribution in [3.8, 4) is 5.75 Å². The maximum Gasteiger partial charge on any atom is 0.355 e. The van der Waals surface area contributed by atoms with Crippen LogP contribution in [0.1, 0.15) is 24.4 Å². The summed E-state index contributed by atoms with van der Waals surface area (Å²) in [4.78, 5) is 27.4. The van der Waals surface area contributed by atoms with Crippen LogP contribution in [0.2, 0.25) is 0 Å². The summed E-state index contributed by atoms with van der Waals surface area (Å²) in [5.41, 5.74) is 1.95. The maximum atomic E-state index is 13.1. The molecule has 1 aromatic heterocycles. The van der Waals surface area contributed by atoms with Gasteiger partial charge in [-0.25, -0.2) is 4.79 Å². The van der Waals surface area contributed by atoms with E-state index in [1.807, 2.05) is 26.0 Å². The Labute approximate surface area is 194 Å². The molecule has 10 heteroatoms. The Morgan fingerprint density at radius 3 is 2.62 bits per heavy atom. The topological polar surface area (TPSA) is 102 Å². The third-order valence-electron chi connectivity index (χ3n) is 5.90. The molecule has 1 fully saturated rings. The molecule has 1 saturated heterocycles. The summed E-state index contributed by atoms with van der Waals surface area (Å²) >= 11 is 2.98. The molecule has 2 aromatic rings. The Kier molecular flexibility index (Phi) is 6.55. The minimum absolute atomic E-state index is 0.0719. The first kappa shape index (κ1) is 22.8. The number of methoxy groups -OCH3 is 1. The van der Waals surface area contributed by atoms with Gasteiger partial charge in [-0.2, -0.15) is 0 Å². The van der Waals surface area contributed by atoms with E-state index < -0.39 is 18.0 Å². The number of aliphatic hydroxyl groups excluding tert-OH is 1. The van der Waals surface area contributed by atoms with E-state index in [2.05, 4.69) is 10.2 Å². The van der Waals surface area contributed by atoms with Gasteiger partial charge in [0.2, 0.25) is 5.91 Å². The number of β-lactam (4-membered cyclic amide) rings is 1. The van der Waals surface area contributed by atoms with Crippen LogP contribution in [-0.2, 0) is 20.9 Å². The van der Waals surface area contributed by atoms with Gasteiger partial charge < -0.3 is 19.5 Å². The van der Waals surface area contributed by atoms with Crippen molar-refractivity contribution in [3.63, 3.8) is 0 Å². The first-order valence-corrected chi connectivity index (χ1v) is 12.1. The molecule has 4 atom stereocenters. The highest BCUT2D eigenvalue weighted by molar-refractivity contribution is 8.01. The van der Waals surface area contributed by atoms with Crippen molar-refractivity contribution in [1.29, 1.82) is 0 Å². The van der Waals surface area contributed by atoms with Gasteiger partial charge in [0.1, 0.15) is 23.1 Å². The lowest BCUT2D eigenvalue weighted by Gasteiger charge is -2.46. The van der Waals surface area contributed by atoms with Gasteiger partial charge in [0.05, 0.1) is 25.2 Å². The summed E-state index contributed by atoms with van der Waals surface area (Å²) in [7, 11) is 1.59.